The van der Waals surface area contributed by atoms with E-state index in [4.69, 9.17) is 61.6 Å². The molecule has 1 fully saturated rings. The molecule has 1 unspecified atom stereocenters. The number of unbranched alkanes of at least 4 members (excludes halogenated alkanes) is 3. The molecular weight excluding hydrogens is 1010 g/mol. The molecule has 77 heavy (non-hydrogen) atoms. The summed E-state index contributed by atoms with van der Waals surface area (Å²) in [4.78, 5) is 75.9. The molecular formula is C54H82N4O19. The Morgan fingerprint density at radius 1 is 0.532 bits per heavy atom. The summed E-state index contributed by atoms with van der Waals surface area (Å²) in [5.74, 6) is -3.11. The lowest BCUT2D eigenvalue weighted by Gasteiger charge is -2.27. The number of amides is 5. The van der Waals surface area contributed by atoms with Crippen molar-refractivity contribution >= 4 is 46.9 Å². The Balaban J connectivity index is 0.774. The van der Waals surface area contributed by atoms with Gasteiger partial charge < -0.3 is 72.2 Å². The zero-order valence-corrected chi connectivity index (χ0v) is 44.9. The van der Waals surface area contributed by atoms with Gasteiger partial charge in [-0.2, -0.15) is 0 Å². The second kappa shape index (κ2) is 42.0. The first-order valence-corrected chi connectivity index (χ1v) is 26.9. The molecule has 23 heteroatoms. The third kappa shape index (κ3) is 27.9. The lowest BCUT2D eigenvalue weighted by atomic mass is 10.0. The zero-order valence-electron chi connectivity index (χ0n) is 44.9. The van der Waals surface area contributed by atoms with Crippen LogP contribution < -0.4 is 16.0 Å². The lowest BCUT2D eigenvalue weighted by molar-refractivity contribution is -0.136. The van der Waals surface area contributed by atoms with Crippen molar-refractivity contribution in [1.82, 2.24) is 10.2 Å². The van der Waals surface area contributed by atoms with Gasteiger partial charge in [-0.25, -0.2) is 4.79 Å². The summed E-state index contributed by atoms with van der Waals surface area (Å²) in [5.41, 5.74) is 1.86. The number of esters is 1. The largest absolute Gasteiger partial charge is 0.460 e. The molecule has 3 N–H and O–H groups in total. The van der Waals surface area contributed by atoms with E-state index < -0.39 is 29.7 Å². The van der Waals surface area contributed by atoms with Crippen molar-refractivity contribution in [3.63, 3.8) is 0 Å². The molecule has 0 bridgehead atoms. The number of nitrogens with one attached hydrogen (secondary N) is 3. The van der Waals surface area contributed by atoms with Gasteiger partial charge in [0.15, 0.2) is 0 Å². The molecule has 2 aromatic rings. The zero-order chi connectivity index (χ0) is 54.8. The molecule has 0 spiro atoms. The maximum Gasteiger partial charge on any atom is 0.338 e. The number of benzene rings is 2. The minimum absolute atomic E-state index is 0.0232. The number of carbonyl (C=O) groups is 6. The van der Waals surface area contributed by atoms with Gasteiger partial charge in [-0.3, -0.25) is 34.2 Å². The average molecular weight is 1090 g/mol. The van der Waals surface area contributed by atoms with E-state index >= 15 is 0 Å². The van der Waals surface area contributed by atoms with Crippen LogP contribution in [-0.2, 0) is 76.0 Å². The SMILES string of the molecule is CCCCNc1ccc(C(=O)OCCOCCOCCOCCOCCOCCOCCOCCOCCOCCOCCOCCOCCCCCC(=O)Nc2cccc3c2C(=O)N(C2CCC(=O)NC2=O)C3=O)cc1. The molecule has 0 saturated carbocycles. The van der Waals surface area contributed by atoms with E-state index in [1.165, 1.54) is 6.07 Å². The molecule has 2 heterocycles. The van der Waals surface area contributed by atoms with Crippen molar-refractivity contribution < 1.29 is 90.3 Å². The summed E-state index contributed by atoms with van der Waals surface area (Å²) < 4.78 is 71.5. The van der Waals surface area contributed by atoms with Crippen molar-refractivity contribution in [2.45, 2.75) is 64.3 Å². The molecule has 432 valence electrons. The molecule has 5 amide bonds. The highest BCUT2D eigenvalue weighted by Gasteiger charge is 2.45. The van der Waals surface area contributed by atoms with Crippen molar-refractivity contribution in [3.05, 3.63) is 59.2 Å². The van der Waals surface area contributed by atoms with E-state index in [2.05, 4.69) is 22.9 Å². The topological polar surface area (TPSA) is 262 Å². The third-order valence-corrected chi connectivity index (χ3v) is 11.5. The van der Waals surface area contributed by atoms with E-state index in [-0.39, 0.29) is 54.6 Å². The second-order valence-corrected chi connectivity index (χ2v) is 17.4. The predicted molar refractivity (Wildman–Crippen MR) is 280 cm³/mol. The van der Waals surface area contributed by atoms with Gasteiger partial charge in [0, 0.05) is 31.7 Å². The smallest absolute Gasteiger partial charge is 0.338 e. The van der Waals surface area contributed by atoms with Crippen molar-refractivity contribution in [2.75, 3.05) is 182 Å². The Hall–Kier alpha value is -5.02. The highest BCUT2D eigenvalue weighted by Crippen LogP contribution is 2.32. The van der Waals surface area contributed by atoms with Crippen LogP contribution in [0.3, 0.4) is 0 Å². The third-order valence-electron chi connectivity index (χ3n) is 11.5. The number of nitrogens with zero attached hydrogens (tertiary/aromatic N) is 1. The van der Waals surface area contributed by atoms with Crippen LogP contribution >= 0.6 is 0 Å². The highest BCUT2D eigenvalue weighted by molar-refractivity contribution is 6.26. The summed E-state index contributed by atoms with van der Waals surface area (Å²) in [6.07, 6.45) is 4.63. The van der Waals surface area contributed by atoms with Gasteiger partial charge in [0.25, 0.3) is 11.8 Å². The first-order valence-electron chi connectivity index (χ1n) is 26.9. The summed E-state index contributed by atoms with van der Waals surface area (Å²) in [6.45, 7) is 13.9. The van der Waals surface area contributed by atoms with Gasteiger partial charge in [0.05, 0.1) is 174 Å². The van der Waals surface area contributed by atoms with E-state index in [1.54, 1.807) is 24.3 Å². The molecule has 1 atom stereocenters. The van der Waals surface area contributed by atoms with E-state index in [9.17, 15) is 28.8 Å². The van der Waals surface area contributed by atoms with Crippen LogP contribution in [0.2, 0.25) is 0 Å². The first kappa shape index (κ1) is 64.5. The molecule has 0 aliphatic carbocycles. The van der Waals surface area contributed by atoms with E-state index in [0.29, 0.717) is 171 Å². The highest BCUT2D eigenvalue weighted by atomic mass is 16.6. The number of imide groups is 2. The number of rotatable bonds is 49. The molecule has 2 aromatic carbocycles. The Labute approximate surface area is 452 Å². The number of carbonyl (C=O) groups excluding carboxylic acids is 6. The number of anilines is 2. The van der Waals surface area contributed by atoms with Crippen LogP contribution in [0.25, 0.3) is 0 Å². The van der Waals surface area contributed by atoms with Gasteiger partial charge in [-0.1, -0.05) is 25.8 Å². The monoisotopic (exact) mass is 1090 g/mol. The number of hydrogen-bond acceptors (Lipinski definition) is 20. The van der Waals surface area contributed by atoms with Gasteiger partial charge in [0.1, 0.15) is 12.6 Å². The molecule has 2 aliphatic heterocycles. The number of ether oxygens (including phenoxy) is 13. The van der Waals surface area contributed by atoms with Gasteiger partial charge in [-0.05, 0) is 62.1 Å². The lowest BCUT2D eigenvalue weighted by Crippen LogP contribution is -2.54. The standard InChI is InChI=1S/C54H82N4O19/c1-2-3-17-55-44-13-11-43(12-14-44)54(64)77-42-41-76-40-39-75-38-37-74-36-35-73-34-33-72-32-31-71-30-29-70-28-27-69-26-25-68-24-23-67-22-21-66-20-19-65-18-6-4-5-10-48(59)56-46-9-7-8-45-50(46)53(63)58(52(45)62)47-15-16-49(60)57-51(47)61/h7-9,11-14,47,55H,2-6,10,15-42H2,1H3,(H,56,59)(H,57,60,61). The van der Waals surface area contributed by atoms with E-state index in [1.807, 2.05) is 12.1 Å². The fourth-order valence-electron chi connectivity index (χ4n) is 7.43. The average Bonchev–Trinajstić information content (AvgIpc) is 3.69. The molecule has 1 saturated heterocycles. The quantitative estimate of drug-likeness (QED) is 0.0483. The minimum Gasteiger partial charge on any atom is -0.460 e. The first-order chi connectivity index (χ1) is 37.8. The molecule has 0 radical (unpaired) electrons. The van der Waals surface area contributed by atoms with Crippen molar-refractivity contribution in [2.24, 2.45) is 0 Å². The fraction of sp³-hybridized carbons (Fsp3) is 0.667. The van der Waals surface area contributed by atoms with Crippen LogP contribution in [0.15, 0.2) is 42.5 Å². The maximum atomic E-state index is 13.2. The van der Waals surface area contributed by atoms with Crippen LogP contribution in [0.5, 0.6) is 0 Å². The van der Waals surface area contributed by atoms with Crippen LogP contribution in [0.1, 0.15) is 89.4 Å². The van der Waals surface area contributed by atoms with Crippen LogP contribution in [0, 0.1) is 0 Å². The maximum absolute atomic E-state index is 13.2. The Morgan fingerprint density at radius 2 is 0.987 bits per heavy atom. The number of hydrogen-bond donors (Lipinski definition) is 3. The normalized spacial score (nSPS) is 14.3. The van der Waals surface area contributed by atoms with Gasteiger partial charge >= 0.3 is 5.97 Å². The van der Waals surface area contributed by atoms with Crippen molar-refractivity contribution in [1.29, 1.82) is 0 Å². The fourth-order valence-corrected chi connectivity index (χ4v) is 7.43. The van der Waals surface area contributed by atoms with Crippen LogP contribution in [0.4, 0.5) is 11.4 Å². The Kier molecular flexibility index (Phi) is 35.2. The summed E-state index contributed by atoms with van der Waals surface area (Å²) in [7, 11) is 0. The molecule has 0 aromatic heterocycles. The molecule has 2 aliphatic rings. The summed E-state index contributed by atoms with van der Waals surface area (Å²) >= 11 is 0. The predicted octanol–water partition coefficient (Wildman–Crippen LogP) is 3.85. The Bertz CT molecular complexity index is 1980. The minimum atomic E-state index is -1.08. The summed E-state index contributed by atoms with van der Waals surface area (Å²) in [6, 6.07) is 10.8. The summed E-state index contributed by atoms with van der Waals surface area (Å²) in [5, 5.41) is 8.23. The molecule has 4 rings (SSSR count). The van der Waals surface area contributed by atoms with Gasteiger partial charge in [0.2, 0.25) is 17.7 Å². The number of piperidine rings is 1. The van der Waals surface area contributed by atoms with E-state index in [0.717, 1.165) is 42.8 Å². The second-order valence-electron chi connectivity index (χ2n) is 17.4. The number of fused-ring (bicyclic) bond motifs is 1. The van der Waals surface area contributed by atoms with Crippen LogP contribution in [-0.4, -0.2) is 218 Å². The molecule has 23 nitrogen and oxygen atoms in total. The van der Waals surface area contributed by atoms with Gasteiger partial charge in [-0.15, -0.1) is 0 Å². The van der Waals surface area contributed by atoms with Crippen molar-refractivity contribution in [3.8, 4) is 0 Å². The Morgan fingerprint density at radius 3 is 1.44 bits per heavy atom.